The third-order valence-corrected chi connectivity index (χ3v) is 4.10. The van der Waals surface area contributed by atoms with Crippen LogP contribution in [0.1, 0.15) is 11.1 Å². The van der Waals surface area contributed by atoms with Gasteiger partial charge in [-0.15, -0.1) is 0 Å². The molecule has 0 unspecified atom stereocenters. The first-order valence-corrected chi connectivity index (χ1v) is 7.71. The molecule has 1 aliphatic rings. The maximum absolute atomic E-state index is 13.7. The number of piperazine rings is 1. The third kappa shape index (κ3) is 3.98. The van der Waals surface area contributed by atoms with Crippen molar-refractivity contribution in [3.8, 4) is 0 Å². The lowest BCUT2D eigenvalue weighted by atomic mass is 10.2. The van der Waals surface area contributed by atoms with E-state index in [0.29, 0.717) is 55.4 Å². The third-order valence-electron chi connectivity index (χ3n) is 4.10. The molecular weight excluding hydrogens is 340 g/mol. The highest BCUT2D eigenvalue weighted by Crippen LogP contribution is 2.28. The summed E-state index contributed by atoms with van der Waals surface area (Å²) < 4.78 is 52.1. The van der Waals surface area contributed by atoms with Crippen LogP contribution in [0, 0.1) is 5.82 Å². The summed E-state index contributed by atoms with van der Waals surface area (Å²) >= 11 is 0. The summed E-state index contributed by atoms with van der Waals surface area (Å²) in [5.41, 5.74) is -0.386. The molecule has 1 amide bonds. The fourth-order valence-electron chi connectivity index (χ4n) is 2.68. The SMILES string of the molecule is O=C(N1CCN(Cc2ccccc2F)CC1)n1cc(C(F)(F)F)cn1. The normalized spacial score (nSPS) is 16.2. The molecule has 5 nitrogen and oxygen atoms in total. The molecule has 134 valence electrons. The van der Waals surface area contributed by atoms with Gasteiger partial charge < -0.3 is 4.90 Å². The molecule has 0 aliphatic carbocycles. The smallest absolute Gasteiger partial charge is 0.320 e. The van der Waals surface area contributed by atoms with Gasteiger partial charge in [-0.05, 0) is 6.07 Å². The Labute approximate surface area is 141 Å². The summed E-state index contributed by atoms with van der Waals surface area (Å²) in [6.07, 6.45) is -3.21. The maximum atomic E-state index is 13.7. The van der Waals surface area contributed by atoms with E-state index in [9.17, 15) is 22.4 Å². The lowest BCUT2D eigenvalue weighted by Gasteiger charge is -2.34. The molecule has 2 aromatic rings. The summed E-state index contributed by atoms with van der Waals surface area (Å²) in [7, 11) is 0. The highest BCUT2D eigenvalue weighted by atomic mass is 19.4. The lowest BCUT2D eigenvalue weighted by molar-refractivity contribution is -0.137. The predicted molar refractivity (Wildman–Crippen MR) is 81.3 cm³/mol. The second-order valence-corrected chi connectivity index (χ2v) is 5.81. The second-order valence-electron chi connectivity index (χ2n) is 5.81. The molecule has 1 aromatic heterocycles. The molecule has 1 saturated heterocycles. The minimum absolute atomic E-state index is 0.280. The van der Waals surface area contributed by atoms with Crippen LogP contribution in [0.2, 0.25) is 0 Å². The second kappa shape index (κ2) is 6.83. The highest BCUT2D eigenvalue weighted by molar-refractivity contribution is 5.76. The summed E-state index contributed by atoms with van der Waals surface area (Å²) in [5.74, 6) is -0.280. The van der Waals surface area contributed by atoms with Crippen LogP contribution < -0.4 is 0 Å². The zero-order chi connectivity index (χ0) is 18.0. The number of hydrogen-bond donors (Lipinski definition) is 0. The van der Waals surface area contributed by atoms with Crippen LogP contribution in [-0.4, -0.2) is 51.8 Å². The Morgan fingerprint density at radius 2 is 1.80 bits per heavy atom. The molecule has 0 N–H and O–H groups in total. The van der Waals surface area contributed by atoms with Crippen molar-refractivity contribution >= 4 is 6.03 Å². The average molecular weight is 356 g/mol. The van der Waals surface area contributed by atoms with Crippen LogP contribution in [0.3, 0.4) is 0 Å². The van der Waals surface area contributed by atoms with Crippen LogP contribution in [0.15, 0.2) is 36.7 Å². The van der Waals surface area contributed by atoms with E-state index in [1.807, 2.05) is 4.90 Å². The molecule has 1 aliphatic heterocycles. The first-order valence-electron chi connectivity index (χ1n) is 7.71. The summed E-state index contributed by atoms with van der Waals surface area (Å²) in [6.45, 7) is 2.12. The fraction of sp³-hybridized carbons (Fsp3) is 0.375. The van der Waals surface area contributed by atoms with E-state index in [-0.39, 0.29) is 5.82 Å². The summed E-state index contributed by atoms with van der Waals surface area (Å²) in [6, 6.07) is 5.88. The standard InChI is InChI=1S/C16H16F4N4O/c17-14-4-2-1-3-12(14)10-22-5-7-23(8-6-22)15(25)24-11-13(9-21-24)16(18,19)20/h1-4,9,11H,5-8,10H2. The van der Waals surface area contributed by atoms with E-state index in [1.165, 1.54) is 11.0 Å². The number of amides is 1. The molecular formula is C16H16F4N4O. The minimum Gasteiger partial charge on any atom is -0.320 e. The van der Waals surface area contributed by atoms with Crippen molar-refractivity contribution in [2.24, 2.45) is 0 Å². The summed E-state index contributed by atoms with van der Waals surface area (Å²) in [4.78, 5) is 15.7. The molecule has 1 aromatic carbocycles. The first kappa shape index (κ1) is 17.4. The van der Waals surface area contributed by atoms with E-state index in [2.05, 4.69) is 5.10 Å². The minimum atomic E-state index is -4.53. The number of hydrogen-bond acceptors (Lipinski definition) is 3. The highest BCUT2D eigenvalue weighted by Gasteiger charge is 2.33. The van der Waals surface area contributed by atoms with Gasteiger partial charge in [0.15, 0.2) is 0 Å². The van der Waals surface area contributed by atoms with Gasteiger partial charge in [0.25, 0.3) is 0 Å². The Kier molecular flexibility index (Phi) is 4.76. The molecule has 9 heteroatoms. The average Bonchev–Trinajstić information content (AvgIpc) is 3.07. The van der Waals surface area contributed by atoms with E-state index in [1.54, 1.807) is 18.2 Å². The van der Waals surface area contributed by atoms with Crippen molar-refractivity contribution in [1.29, 1.82) is 0 Å². The molecule has 3 rings (SSSR count). The van der Waals surface area contributed by atoms with Gasteiger partial charge in [-0.3, -0.25) is 4.90 Å². The van der Waals surface area contributed by atoms with Crippen LogP contribution >= 0.6 is 0 Å². The van der Waals surface area contributed by atoms with E-state index in [4.69, 9.17) is 0 Å². The van der Waals surface area contributed by atoms with Gasteiger partial charge in [0.1, 0.15) is 5.82 Å². The van der Waals surface area contributed by atoms with Crippen molar-refractivity contribution in [3.05, 3.63) is 53.6 Å². The molecule has 25 heavy (non-hydrogen) atoms. The van der Waals surface area contributed by atoms with Crippen molar-refractivity contribution < 1.29 is 22.4 Å². The van der Waals surface area contributed by atoms with Gasteiger partial charge in [-0.2, -0.15) is 23.0 Å². The van der Waals surface area contributed by atoms with Crippen molar-refractivity contribution in [1.82, 2.24) is 19.6 Å². The van der Waals surface area contributed by atoms with E-state index in [0.717, 1.165) is 0 Å². The zero-order valence-corrected chi connectivity index (χ0v) is 13.2. The Morgan fingerprint density at radius 1 is 1.12 bits per heavy atom. The van der Waals surface area contributed by atoms with Crippen molar-refractivity contribution in [2.45, 2.75) is 12.7 Å². The number of alkyl halides is 3. The maximum Gasteiger partial charge on any atom is 0.419 e. The van der Waals surface area contributed by atoms with E-state index >= 15 is 0 Å². The molecule has 2 heterocycles. The van der Waals surface area contributed by atoms with Gasteiger partial charge in [-0.1, -0.05) is 18.2 Å². The number of carbonyl (C=O) groups excluding carboxylic acids is 1. The topological polar surface area (TPSA) is 41.4 Å². The fourth-order valence-corrected chi connectivity index (χ4v) is 2.68. The molecule has 0 spiro atoms. The van der Waals surface area contributed by atoms with Gasteiger partial charge >= 0.3 is 12.2 Å². The number of benzene rings is 1. The largest absolute Gasteiger partial charge is 0.419 e. The Balaban J connectivity index is 1.58. The molecule has 0 saturated carbocycles. The number of aromatic nitrogens is 2. The number of carbonyl (C=O) groups is 1. The van der Waals surface area contributed by atoms with Crippen molar-refractivity contribution in [3.63, 3.8) is 0 Å². The number of rotatable bonds is 2. The van der Waals surface area contributed by atoms with Gasteiger partial charge in [0.2, 0.25) is 0 Å². The number of halogens is 4. The molecule has 0 radical (unpaired) electrons. The van der Waals surface area contributed by atoms with E-state index < -0.39 is 17.8 Å². The van der Waals surface area contributed by atoms with Gasteiger partial charge in [-0.25, -0.2) is 9.18 Å². The van der Waals surface area contributed by atoms with Gasteiger partial charge in [0, 0.05) is 44.5 Å². The Morgan fingerprint density at radius 3 is 2.40 bits per heavy atom. The first-order chi connectivity index (χ1) is 11.8. The van der Waals surface area contributed by atoms with Crippen LogP contribution in [-0.2, 0) is 12.7 Å². The monoisotopic (exact) mass is 356 g/mol. The van der Waals surface area contributed by atoms with Gasteiger partial charge in [0.05, 0.1) is 11.8 Å². The quantitative estimate of drug-likeness (QED) is 0.777. The predicted octanol–water partition coefficient (Wildman–Crippen LogP) is 2.83. The van der Waals surface area contributed by atoms with Crippen LogP contribution in [0.4, 0.5) is 22.4 Å². The summed E-state index contributed by atoms with van der Waals surface area (Å²) in [5, 5.41) is 3.50. The van der Waals surface area contributed by atoms with Crippen LogP contribution in [0.25, 0.3) is 0 Å². The van der Waals surface area contributed by atoms with Crippen molar-refractivity contribution in [2.75, 3.05) is 26.2 Å². The molecule has 0 atom stereocenters. The number of nitrogens with zero attached hydrogens (tertiary/aromatic N) is 4. The Bertz CT molecular complexity index is 751. The zero-order valence-electron chi connectivity index (χ0n) is 13.2. The Hall–Kier alpha value is -2.42. The molecule has 1 fully saturated rings. The molecule has 0 bridgehead atoms. The van der Waals surface area contributed by atoms with Crippen LogP contribution in [0.5, 0.6) is 0 Å². The lowest BCUT2D eigenvalue weighted by Crippen LogP contribution is -2.49.